The summed E-state index contributed by atoms with van der Waals surface area (Å²) in [4.78, 5) is 11.1. The molecule has 0 radical (unpaired) electrons. The van der Waals surface area contributed by atoms with Gasteiger partial charge in [-0.25, -0.2) is 0 Å². The van der Waals surface area contributed by atoms with Gasteiger partial charge in [-0.05, 0) is 34.5 Å². The molecule has 1 atom stereocenters. The number of amides is 1. The van der Waals surface area contributed by atoms with E-state index in [0.717, 1.165) is 22.1 Å². The van der Waals surface area contributed by atoms with Crippen LogP contribution in [0.15, 0.2) is 36.4 Å². The lowest BCUT2D eigenvalue weighted by molar-refractivity contribution is -0.133. The van der Waals surface area contributed by atoms with E-state index in [2.05, 4.69) is 11.4 Å². The second-order valence-electron chi connectivity index (χ2n) is 4.58. The maximum Gasteiger partial charge on any atom is 0.246 e. The van der Waals surface area contributed by atoms with Crippen LogP contribution in [-0.2, 0) is 9.53 Å². The lowest BCUT2D eigenvalue weighted by Crippen LogP contribution is -2.38. The monoisotopic (exact) mass is 257 g/mol. The second kappa shape index (κ2) is 4.90. The summed E-state index contributed by atoms with van der Waals surface area (Å²) in [6.45, 7) is 0.659. The SMILES string of the molecule is COc1ccc2cc(C3CNC(=O)CO3)ccc2c1. The number of carbonyl (C=O) groups is 1. The van der Waals surface area contributed by atoms with Crippen molar-refractivity contribution in [3.8, 4) is 5.75 Å². The van der Waals surface area contributed by atoms with Crippen LogP contribution < -0.4 is 10.1 Å². The first-order chi connectivity index (χ1) is 9.26. The fraction of sp³-hybridized carbons (Fsp3) is 0.267. The van der Waals surface area contributed by atoms with Crippen molar-refractivity contribution >= 4 is 16.7 Å². The molecule has 19 heavy (non-hydrogen) atoms. The summed E-state index contributed by atoms with van der Waals surface area (Å²) in [5.74, 6) is 0.795. The standard InChI is InChI=1S/C15H15NO3/c1-18-13-5-4-10-6-12(3-2-11(10)7-13)14-8-16-15(17)9-19-14/h2-7,14H,8-9H2,1H3,(H,16,17). The molecule has 98 valence electrons. The lowest BCUT2D eigenvalue weighted by Gasteiger charge is -2.23. The molecule has 1 fully saturated rings. The van der Waals surface area contributed by atoms with Gasteiger partial charge in [-0.15, -0.1) is 0 Å². The Morgan fingerprint density at radius 3 is 2.74 bits per heavy atom. The molecule has 0 saturated carbocycles. The Morgan fingerprint density at radius 1 is 1.21 bits per heavy atom. The van der Waals surface area contributed by atoms with Crippen molar-refractivity contribution in [1.29, 1.82) is 0 Å². The van der Waals surface area contributed by atoms with Crippen molar-refractivity contribution in [2.24, 2.45) is 0 Å². The van der Waals surface area contributed by atoms with E-state index in [1.165, 1.54) is 0 Å². The highest BCUT2D eigenvalue weighted by Gasteiger charge is 2.20. The molecule has 1 aliphatic rings. The van der Waals surface area contributed by atoms with Crippen LogP contribution in [0.25, 0.3) is 10.8 Å². The molecule has 1 aliphatic heterocycles. The summed E-state index contributed by atoms with van der Waals surface area (Å²) in [5.41, 5.74) is 1.08. The molecule has 0 spiro atoms. The van der Waals surface area contributed by atoms with Gasteiger partial charge in [-0.3, -0.25) is 4.79 Å². The number of carbonyl (C=O) groups excluding carboxylic acids is 1. The number of morpholine rings is 1. The van der Waals surface area contributed by atoms with E-state index < -0.39 is 0 Å². The van der Waals surface area contributed by atoms with Gasteiger partial charge in [0.25, 0.3) is 0 Å². The molecule has 4 heteroatoms. The van der Waals surface area contributed by atoms with Crippen molar-refractivity contribution in [3.63, 3.8) is 0 Å². The van der Waals surface area contributed by atoms with E-state index in [1.54, 1.807) is 7.11 Å². The highest BCUT2D eigenvalue weighted by molar-refractivity contribution is 5.84. The maximum absolute atomic E-state index is 11.1. The third kappa shape index (κ3) is 2.39. The van der Waals surface area contributed by atoms with Gasteiger partial charge in [0.2, 0.25) is 5.91 Å². The first-order valence-corrected chi connectivity index (χ1v) is 6.22. The molecule has 4 nitrogen and oxygen atoms in total. The Bertz CT molecular complexity index is 614. The third-order valence-electron chi connectivity index (χ3n) is 3.34. The smallest absolute Gasteiger partial charge is 0.246 e. The van der Waals surface area contributed by atoms with Crippen LogP contribution in [0.4, 0.5) is 0 Å². The van der Waals surface area contributed by atoms with Crippen molar-refractivity contribution < 1.29 is 14.3 Å². The molecule has 0 aliphatic carbocycles. The summed E-state index contributed by atoms with van der Waals surface area (Å²) in [7, 11) is 1.66. The summed E-state index contributed by atoms with van der Waals surface area (Å²) < 4.78 is 10.7. The summed E-state index contributed by atoms with van der Waals surface area (Å²) in [6.07, 6.45) is -0.0656. The topological polar surface area (TPSA) is 47.6 Å². The van der Waals surface area contributed by atoms with Crippen LogP contribution in [-0.4, -0.2) is 26.2 Å². The Hall–Kier alpha value is -2.07. The molecule has 0 aromatic heterocycles. The number of hydrogen-bond donors (Lipinski definition) is 1. The number of rotatable bonds is 2. The van der Waals surface area contributed by atoms with E-state index in [4.69, 9.17) is 9.47 Å². The largest absolute Gasteiger partial charge is 0.497 e. The van der Waals surface area contributed by atoms with Gasteiger partial charge >= 0.3 is 0 Å². The number of methoxy groups -OCH3 is 1. The predicted molar refractivity (Wildman–Crippen MR) is 72.2 cm³/mol. The zero-order valence-corrected chi connectivity index (χ0v) is 10.7. The zero-order valence-electron chi connectivity index (χ0n) is 10.7. The summed E-state index contributed by atoms with van der Waals surface area (Å²) >= 11 is 0. The molecule has 2 aromatic rings. The molecule has 1 N–H and O–H groups in total. The van der Waals surface area contributed by atoms with Crippen LogP contribution in [0.2, 0.25) is 0 Å². The quantitative estimate of drug-likeness (QED) is 0.895. The Balaban J connectivity index is 1.91. The Labute approximate surface area is 111 Å². The second-order valence-corrected chi connectivity index (χ2v) is 4.58. The third-order valence-corrected chi connectivity index (χ3v) is 3.34. The number of hydrogen-bond acceptors (Lipinski definition) is 3. The minimum atomic E-state index is -0.0656. The van der Waals surface area contributed by atoms with Gasteiger partial charge in [0.1, 0.15) is 18.5 Å². The number of ether oxygens (including phenoxy) is 2. The molecule has 1 heterocycles. The van der Waals surface area contributed by atoms with Crippen LogP contribution in [0.1, 0.15) is 11.7 Å². The first-order valence-electron chi connectivity index (χ1n) is 6.22. The van der Waals surface area contributed by atoms with Gasteiger partial charge in [-0.2, -0.15) is 0 Å². The highest BCUT2D eigenvalue weighted by atomic mass is 16.5. The van der Waals surface area contributed by atoms with E-state index >= 15 is 0 Å². The number of fused-ring (bicyclic) bond motifs is 1. The van der Waals surface area contributed by atoms with Crippen LogP contribution >= 0.6 is 0 Å². The Kier molecular flexibility index (Phi) is 3.09. The average molecular weight is 257 g/mol. The van der Waals surface area contributed by atoms with Gasteiger partial charge < -0.3 is 14.8 Å². The van der Waals surface area contributed by atoms with E-state index in [1.807, 2.05) is 30.3 Å². The molecule has 2 aromatic carbocycles. The van der Waals surface area contributed by atoms with E-state index in [-0.39, 0.29) is 18.6 Å². The molecular formula is C15H15NO3. The van der Waals surface area contributed by atoms with Gasteiger partial charge in [0.15, 0.2) is 0 Å². The van der Waals surface area contributed by atoms with Gasteiger partial charge in [0, 0.05) is 6.54 Å². The maximum atomic E-state index is 11.1. The van der Waals surface area contributed by atoms with Crippen LogP contribution in [0.3, 0.4) is 0 Å². The van der Waals surface area contributed by atoms with Crippen molar-refractivity contribution in [2.45, 2.75) is 6.10 Å². The minimum Gasteiger partial charge on any atom is -0.497 e. The Morgan fingerprint density at radius 2 is 2.00 bits per heavy atom. The number of benzene rings is 2. The molecule has 1 unspecified atom stereocenters. The molecule has 0 bridgehead atoms. The van der Waals surface area contributed by atoms with Crippen molar-refractivity contribution in [2.75, 3.05) is 20.3 Å². The lowest BCUT2D eigenvalue weighted by atomic mass is 10.0. The average Bonchev–Trinajstić information content (AvgIpc) is 2.47. The normalized spacial score (nSPS) is 19.2. The van der Waals surface area contributed by atoms with E-state index in [0.29, 0.717) is 6.54 Å². The minimum absolute atomic E-state index is 0.0539. The predicted octanol–water partition coefficient (Wildman–Crippen LogP) is 2.04. The fourth-order valence-corrected chi connectivity index (χ4v) is 2.28. The molecular weight excluding hydrogens is 242 g/mol. The van der Waals surface area contributed by atoms with E-state index in [9.17, 15) is 4.79 Å². The van der Waals surface area contributed by atoms with Crippen LogP contribution in [0, 0.1) is 0 Å². The highest BCUT2D eigenvalue weighted by Crippen LogP contribution is 2.26. The fourth-order valence-electron chi connectivity index (χ4n) is 2.28. The molecule has 3 rings (SSSR count). The summed E-state index contributed by atoms with van der Waals surface area (Å²) in [6, 6.07) is 12.1. The van der Waals surface area contributed by atoms with Crippen molar-refractivity contribution in [3.05, 3.63) is 42.0 Å². The zero-order chi connectivity index (χ0) is 13.2. The van der Waals surface area contributed by atoms with Crippen molar-refractivity contribution in [1.82, 2.24) is 5.32 Å². The van der Waals surface area contributed by atoms with Crippen LogP contribution in [0.5, 0.6) is 5.75 Å². The first kappa shape index (κ1) is 12.0. The molecule has 1 saturated heterocycles. The summed E-state index contributed by atoms with van der Waals surface area (Å²) in [5, 5.41) is 5.08. The van der Waals surface area contributed by atoms with Gasteiger partial charge in [-0.1, -0.05) is 18.2 Å². The van der Waals surface area contributed by atoms with Gasteiger partial charge in [0.05, 0.1) is 7.11 Å². The number of nitrogens with one attached hydrogen (secondary N) is 1. The molecule has 1 amide bonds.